The second kappa shape index (κ2) is 14.2. The first-order valence-electron chi connectivity index (χ1n) is 15.5. The minimum Gasteiger partial charge on any atom is -0.489 e. The molecule has 6 rings (SSSR count). The Bertz CT molecular complexity index is 1600. The first-order valence-corrected chi connectivity index (χ1v) is 15.8. The van der Waals surface area contributed by atoms with E-state index >= 15 is 0 Å². The van der Waals surface area contributed by atoms with Crippen LogP contribution in [0.4, 0.5) is 13.6 Å². The monoisotopic (exact) mass is 672 g/mol. The highest BCUT2D eigenvalue weighted by atomic mass is 35.5. The lowest BCUT2D eigenvalue weighted by Crippen LogP contribution is -2.44. The Kier molecular flexibility index (Phi) is 9.87. The number of rotatable bonds is 10. The highest BCUT2D eigenvalue weighted by molar-refractivity contribution is 6.30. The van der Waals surface area contributed by atoms with Gasteiger partial charge in [-0.2, -0.15) is 13.9 Å². The number of esters is 1. The zero-order valence-electron chi connectivity index (χ0n) is 25.8. The zero-order valence-corrected chi connectivity index (χ0v) is 26.5. The van der Waals surface area contributed by atoms with Crippen molar-refractivity contribution in [1.82, 2.24) is 29.5 Å². The van der Waals surface area contributed by atoms with Crippen LogP contribution in [0.1, 0.15) is 48.3 Å². The van der Waals surface area contributed by atoms with Crippen LogP contribution in [0.5, 0.6) is 5.75 Å². The molecule has 0 radical (unpaired) electrons. The number of fused-ring (bicyclic) bond motifs is 1. The molecule has 3 aromatic rings. The number of halogens is 3. The van der Waals surface area contributed by atoms with Gasteiger partial charge in [0.1, 0.15) is 24.2 Å². The van der Waals surface area contributed by atoms with E-state index in [2.05, 4.69) is 15.0 Å². The fourth-order valence-corrected chi connectivity index (χ4v) is 6.18. The third-order valence-electron chi connectivity index (χ3n) is 8.78. The fraction of sp³-hybridized carbons (Fsp3) is 0.469. The number of hydrogen-bond acceptors (Lipinski definition) is 9. The van der Waals surface area contributed by atoms with Gasteiger partial charge in [-0.1, -0.05) is 23.7 Å². The van der Waals surface area contributed by atoms with E-state index in [4.69, 9.17) is 25.8 Å². The lowest BCUT2D eigenvalue weighted by Gasteiger charge is -2.33. The first kappa shape index (κ1) is 32.6. The molecule has 0 spiro atoms. The molecule has 2 aromatic heterocycles. The Morgan fingerprint density at radius 2 is 1.89 bits per heavy atom. The van der Waals surface area contributed by atoms with Gasteiger partial charge in [0.25, 0.3) is 5.91 Å². The SMILES string of the molecule is CN1CCC(C(=O)OCN(Cc2ccc(Cl)cc2)C(=O)c2cc(O[C@H]3CCN4C(=O)OC[C@@H]4C3)c(-c3cnn(C(F)F)c3)cn2)CC1. The average Bonchev–Trinajstić information content (AvgIpc) is 3.71. The van der Waals surface area contributed by atoms with Crippen molar-refractivity contribution in [3.63, 3.8) is 0 Å². The molecule has 0 saturated carbocycles. The van der Waals surface area contributed by atoms with E-state index in [0.29, 0.717) is 53.1 Å². The normalized spacial score (nSPS) is 20.2. The van der Waals surface area contributed by atoms with Gasteiger partial charge in [0.2, 0.25) is 0 Å². The van der Waals surface area contributed by atoms with Crippen molar-refractivity contribution in [3.05, 3.63) is 65.2 Å². The molecule has 2 amide bonds. The Balaban J connectivity index is 1.26. The number of likely N-dealkylation sites (tertiary alicyclic amines) is 1. The van der Waals surface area contributed by atoms with Crippen LogP contribution < -0.4 is 4.74 Å². The first-order chi connectivity index (χ1) is 22.6. The Labute approximate surface area is 275 Å². The molecule has 0 unspecified atom stereocenters. The van der Waals surface area contributed by atoms with Crippen molar-refractivity contribution < 1.29 is 37.4 Å². The van der Waals surface area contributed by atoms with Crippen LogP contribution in [0.25, 0.3) is 11.1 Å². The molecule has 2 atom stereocenters. The molecule has 15 heteroatoms. The molecule has 12 nitrogen and oxygen atoms in total. The smallest absolute Gasteiger partial charge is 0.410 e. The molecule has 3 aliphatic heterocycles. The lowest BCUT2D eigenvalue weighted by molar-refractivity contribution is -0.154. The van der Waals surface area contributed by atoms with Gasteiger partial charge < -0.3 is 24.0 Å². The Morgan fingerprint density at radius 1 is 1.13 bits per heavy atom. The van der Waals surface area contributed by atoms with Crippen molar-refractivity contribution in [2.75, 3.05) is 40.0 Å². The maximum atomic E-state index is 14.0. The molecular formula is C32H35ClF2N6O6. The molecule has 3 fully saturated rings. The van der Waals surface area contributed by atoms with Crippen LogP contribution >= 0.6 is 11.6 Å². The Hall–Kier alpha value is -4.30. The Morgan fingerprint density at radius 3 is 2.62 bits per heavy atom. The number of cyclic esters (lactones) is 1. The summed E-state index contributed by atoms with van der Waals surface area (Å²) in [5.74, 6) is -0.899. The van der Waals surface area contributed by atoms with Gasteiger partial charge in [-0.05, 0) is 50.7 Å². The van der Waals surface area contributed by atoms with Crippen LogP contribution in [0.3, 0.4) is 0 Å². The van der Waals surface area contributed by atoms with Crippen LogP contribution in [0.15, 0.2) is 48.9 Å². The summed E-state index contributed by atoms with van der Waals surface area (Å²) in [6.45, 7) is -0.793. The number of nitrogens with zero attached hydrogens (tertiary/aromatic N) is 6. The summed E-state index contributed by atoms with van der Waals surface area (Å²) in [7, 11) is 2.00. The summed E-state index contributed by atoms with van der Waals surface area (Å²) < 4.78 is 44.5. The van der Waals surface area contributed by atoms with E-state index < -0.39 is 12.5 Å². The summed E-state index contributed by atoms with van der Waals surface area (Å²) in [6.07, 6.45) is 5.47. The van der Waals surface area contributed by atoms with Gasteiger partial charge in [-0.15, -0.1) is 0 Å². The number of aromatic nitrogens is 3. The van der Waals surface area contributed by atoms with Crippen LogP contribution in [0, 0.1) is 5.92 Å². The van der Waals surface area contributed by atoms with Gasteiger partial charge in [-0.25, -0.2) is 9.48 Å². The van der Waals surface area contributed by atoms with E-state index in [9.17, 15) is 23.2 Å². The van der Waals surface area contributed by atoms with Crippen LogP contribution in [-0.2, 0) is 20.8 Å². The topological polar surface area (TPSA) is 119 Å². The van der Waals surface area contributed by atoms with E-state index in [0.717, 1.165) is 18.7 Å². The number of benzene rings is 1. The molecule has 0 N–H and O–H groups in total. The molecule has 250 valence electrons. The standard InChI is InChI=1S/C32H35ClF2N6O6/c1-38-9-6-21(7-10-38)30(43)46-19-39(16-20-2-4-23(33)5-3-20)29(42)27-13-28(26(15-36-27)22-14-37-41(17-22)31(34)35)47-25-8-11-40-24(12-25)18-45-32(40)44/h2-5,13-15,17,21,24-25,31H,6-12,16,18-19H2,1H3/t24-,25-/m0/s1. The molecule has 3 saturated heterocycles. The fourth-order valence-electron chi connectivity index (χ4n) is 6.05. The molecule has 1 aromatic carbocycles. The lowest BCUT2D eigenvalue weighted by atomic mass is 9.97. The van der Waals surface area contributed by atoms with Crippen molar-refractivity contribution >= 4 is 29.6 Å². The highest BCUT2D eigenvalue weighted by Crippen LogP contribution is 2.34. The summed E-state index contributed by atoms with van der Waals surface area (Å²) in [5, 5.41) is 4.28. The predicted octanol–water partition coefficient (Wildman–Crippen LogP) is 4.84. The second-order valence-corrected chi connectivity index (χ2v) is 12.5. The third-order valence-corrected chi connectivity index (χ3v) is 9.03. The zero-order chi connectivity index (χ0) is 33.1. The summed E-state index contributed by atoms with van der Waals surface area (Å²) in [6, 6.07) is 8.28. The minimum atomic E-state index is -2.84. The number of alkyl halides is 2. The quantitative estimate of drug-likeness (QED) is 0.220. The van der Waals surface area contributed by atoms with Crippen molar-refractivity contribution in [2.45, 2.75) is 50.9 Å². The van der Waals surface area contributed by atoms with Crippen molar-refractivity contribution in [1.29, 1.82) is 0 Å². The average molecular weight is 673 g/mol. The van der Waals surface area contributed by atoms with E-state index in [1.807, 2.05) is 7.05 Å². The minimum absolute atomic E-state index is 0.00567. The number of pyridine rings is 1. The predicted molar refractivity (Wildman–Crippen MR) is 165 cm³/mol. The number of ether oxygens (including phenoxy) is 3. The van der Waals surface area contributed by atoms with Gasteiger partial charge >= 0.3 is 18.6 Å². The third kappa shape index (κ3) is 7.65. The van der Waals surface area contributed by atoms with Crippen LogP contribution in [0.2, 0.25) is 5.02 Å². The number of carbonyl (C=O) groups excluding carboxylic acids is 3. The summed E-state index contributed by atoms with van der Waals surface area (Å²) in [5.41, 5.74) is 1.46. The van der Waals surface area contributed by atoms with Gasteiger partial charge in [0.15, 0.2) is 6.73 Å². The number of piperidine rings is 2. The van der Waals surface area contributed by atoms with Gasteiger partial charge in [0.05, 0.1) is 18.2 Å². The van der Waals surface area contributed by atoms with E-state index in [1.165, 1.54) is 29.6 Å². The van der Waals surface area contributed by atoms with Crippen molar-refractivity contribution in [3.8, 4) is 16.9 Å². The summed E-state index contributed by atoms with van der Waals surface area (Å²) >= 11 is 6.07. The summed E-state index contributed by atoms with van der Waals surface area (Å²) in [4.78, 5) is 48.6. The maximum Gasteiger partial charge on any atom is 0.410 e. The van der Waals surface area contributed by atoms with E-state index in [-0.39, 0.29) is 61.5 Å². The maximum absolute atomic E-state index is 14.0. The van der Waals surface area contributed by atoms with E-state index in [1.54, 1.807) is 29.2 Å². The molecule has 3 aliphatic rings. The van der Waals surface area contributed by atoms with Crippen LogP contribution in [-0.4, -0.2) is 99.6 Å². The highest BCUT2D eigenvalue weighted by Gasteiger charge is 2.39. The number of amides is 2. The largest absolute Gasteiger partial charge is 0.489 e. The number of hydrogen-bond donors (Lipinski definition) is 0. The van der Waals surface area contributed by atoms with Crippen molar-refractivity contribution in [2.24, 2.45) is 5.92 Å². The molecule has 5 heterocycles. The van der Waals surface area contributed by atoms with Gasteiger partial charge in [0, 0.05) is 60.5 Å². The molecule has 0 aliphatic carbocycles. The molecule has 0 bridgehead atoms. The molecule has 47 heavy (non-hydrogen) atoms. The molecular weight excluding hydrogens is 638 g/mol. The number of carbonyl (C=O) groups is 3. The second-order valence-electron chi connectivity index (χ2n) is 12.0. The van der Waals surface area contributed by atoms with Gasteiger partial charge in [-0.3, -0.25) is 19.5 Å².